The molecule has 0 fully saturated rings. The van der Waals surface area contributed by atoms with E-state index in [0.29, 0.717) is 11.7 Å². The minimum absolute atomic E-state index is 0.0359. The highest BCUT2D eigenvalue weighted by Gasteiger charge is 2.07. The van der Waals surface area contributed by atoms with E-state index in [4.69, 9.17) is 0 Å². The first-order valence-corrected chi connectivity index (χ1v) is 6.63. The second-order valence-electron chi connectivity index (χ2n) is 3.34. The summed E-state index contributed by atoms with van der Waals surface area (Å²) < 4.78 is 1.59. The number of aromatic nitrogens is 3. The van der Waals surface area contributed by atoms with Crippen LogP contribution < -0.4 is 10.2 Å². The van der Waals surface area contributed by atoms with E-state index in [1.807, 2.05) is 6.92 Å². The first-order chi connectivity index (χ1) is 8.16. The summed E-state index contributed by atoms with van der Waals surface area (Å²) in [6, 6.07) is 0. The van der Waals surface area contributed by atoms with E-state index >= 15 is 0 Å². The van der Waals surface area contributed by atoms with Crippen LogP contribution in [0.15, 0.2) is 15.7 Å². The van der Waals surface area contributed by atoms with Gasteiger partial charge < -0.3 is 9.88 Å². The molecule has 0 saturated heterocycles. The Morgan fingerprint density at radius 2 is 2.35 bits per heavy atom. The van der Waals surface area contributed by atoms with Gasteiger partial charge in [0.25, 0.3) is 0 Å². The first-order valence-electron chi connectivity index (χ1n) is 4.88. The Morgan fingerprint density at radius 3 is 2.94 bits per heavy atom. The summed E-state index contributed by atoms with van der Waals surface area (Å²) in [5.74, 6) is -0.167. The molecular formula is C9H10N4O2S2. The largest absolute Gasteiger partial charge is 0.307 e. The third-order valence-electron chi connectivity index (χ3n) is 2.15. The third kappa shape index (κ3) is 2.98. The van der Waals surface area contributed by atoms with Crippen molar-refractivity contribution in [2.75, 3.05) is 5.32 Å². The molecule has 90 valence electrons. The average molecular weight is 270 g/mol. The number of nitrogens with zero attached hydrogens (tertiary/aromatic N) is 3. The van der Waals surface area contributed by atoms with E-state index < -0.39 is 0 Å². The van der Waals surface area contributed by atoms with Crippen molar-refractivity contribution in [3.8, 4) is 0 Å². The van der Waals surface area contributed by atoms with Gasteiger partial charge in [0, 0.05) is 24.0 Å². The minimum Gasteiger partial charge on any atom is -0.303 e. The first kappa shape index (κ1) is 11.9. The number of hydrogen-bond donors (Lipinski definition) is 1. The van der Waals surface area contributed by atoms with Gasteiger partial charge in [0.15, 0.2) is 0 Å². The molecule has 0 aromatic carbocycles. The SMILES string of the molecule is Cc1csc(=O)n1CCC(=O)Nc1nncs1. The number of anilines is 1. The van der Waals surface area contributed by atoms with Crippen molar-refractivity contribution in [3.63, 3.8) is 0 Å². The Labute approximate surface area is 105 Å². The molecule has 0 spiro atoms. The van der Waals surface area contributed by atoms with E-state index in [1.165, 1.54) is 11.3 Å². The third-order valence-corrected chi connectivity index (χ3v) is 3.63. The summed E-state index contributed by atoms with van der Waals surface area (Å²) in [7, 11) is 0. The number of hydrogen-bond acceptors (Lipinski definition) is 6. The van der Waals surface area contributed by atoms with E-state index in [0.717, 1.165) is 17.0 Å². The maximum atomic E-state index is 11.5. The second kappa shape index (κ2) is 5.19. The van der Waals surface area contributed by atoms with Crippen molar-refractivity contribution in [2.45, 2.75) is 19.9 Å². The molecule has 1 amide bonds. The molecule has 0 aliphatic rings. The maximum Gasteiger partial charge on any atom is 0.307 e. The van der Waals surface area contributed by atoms with Gasteiger partial charge in [-0.2, -0.15) is 0 Å². The summed E-state index contributed by atoms with van der Waals surface area (Å²) in [6.45, 7) is 2.24. The zero-order valence-electron chi connectivity index (χ0n) is 9.04. The Kier molecular flexibility index (Phi) is 3.64. The summed E-state index contributed by atoms with van der Waals surface area (Å²) in [5, 5.41) is 12.2. The van der Waals surface area contributed by atoms with Crippen molar-refractivity contribution >= 4 is 33.7 Å². The molecule has 0 saturated carbocycles. The lowest BCUT2D eigenvalue weighted by Crippen LogP contribution is -2.20. The van der Waals surface area contributed by atoms with Crippen LogP contribution in [0.3, 0.4) is 0 Å². The molecular weight excluding hydrogens is 260 g/mol. The van der Waals surface area contributed by atoms with Crippen LogP contribution in [0, 0.1) is 6.92 Å². The van der Waals surface area contributed by atoms with Crippen LogP contribution in [-0.4, -0.2) is 20.7 Å². The lowest BCUT2D eigenvalue weighted by Gasteiger charge is -2.03. The van der Waals surface area contributed by atoms with Crippen molar-refractivity contribution in [2.24, 2.45) is 0 Å². The van der Waals surface area contributed by atoms with Gasteiger partial charge in [-0.15, -0.1) is 10.2 Å². The van der Waals surface area contributed by atoms with E-state index in [-0.39, 0.29) is 17.2 Å². The molecule has 6 nitrogen and oxygen atoms in total. The monoisotopic (exact) mass is 270 g/mol. The molecule has 0 radical (unpaired) electrons. The van der Waals surface area contributed by atoms with Crippen molar-refractivity contribution < 1.29 is 4.79 Å². The Morgan fingerprint density at radius 1 is 1.53 bits per heavy atom. The lowest BCUT2D eigenvalue weighted by molar-refractivity contribution is -0.116. The molecule has 2 heterocycles. The smallest absolute Gasteiger partial charge is 0.303 e. The highest BCUT2D eigenvalue weighted by molar-refractivity contribution is 7.13. The predicted molar refractivity (Wildman–Crippen MR) is 66.5 cm³/mol. The number of carbonyl (C=O) groups is 1. The van der Waals surface area contributed by atoms with Crippen LogP contribution in [0.2, 0.25) is 0 Å². The van der Waals surface area contributed by atoms with Crippen LogP contribution in [0.4, 0.5) is 5.13 Å². The van der Waals surface area contributed by atoms with Gasteiger partial charge >= 0.3 is 4.87 Å². The highest BCUT2D eigenvalue weighted by Crippen LogP contribution is 2.08. The Balaban J connectivity index is 1.90. The molecule has 2 aromatic heterocycles. The van der Waals surface area contributed by atoms with Crippen molar-refractivity contribution in [1.82, 2.24) is 14.8 Å². The quantitative estimate of drug-likeness (QED) is 0.902. The van der Waals surface area contributed by atoms with Crippen molar-refractivity contribution in [3.05, 3.63) is 26.3 Å². The van der Waals surface area contributed by atoms with Crippen molar-refractivity contribution in [1.29, 1.82) is 0 Å². The Hall–Kier alpha value is -1.54. The van der Waals surface area contributed by atoms with Crippen LogP contribution in [0.1, 0.15) is 12.1 Å². The fourth-order valence-corrected chi connectivity index (χ4v) is 2.52. The molecule has 0 bridgehead atoms. The van der Waals surface area contributed by atoms with Gasteiger partial charge in [0.05, 0.1) is 0 Å². The summed E-state index contributed by atoms with van der Waals surface area (Å²) in [6.07, 6.45) is 0.247. The standard InChI is InChI=1S/C9H10N4O2S2/c1-6-4-16-9(15)13(6)3-2-7(14)11-8-12-10-5-17-8/h4-5H,2-3H2,1H3,(H,11,12,14). The second-order valence-corrected chi connectivity index (χ2v) is 4.99. The molecule has 0 aliphatic heterocycles. The molecule has 1 N–H and O–H groups in total. The number of rotatable bonds is 4. The molecule has 0 unspecified atom stereocenters. The maximum absolute atomic E-state index is 11.5. The summed E-state index contributed by atoms with van der Waals surface area (Å²) >= 11 is 2.40. The van der Waals surface area contributed by atoms with Gasteiger partial charge in [-0.1, -0.05) is 22.7 Å². The molecule has 17 heavy (non-hydrogen) atoms. The normalized spacial score (nSPS) is 10.4. The summed E-state index contributed by atoms with van der Waals surface area (Å²) in [4.78, 5) is 22.9. The number of carbonyl (C=O) groups excluding carboxylic acids is 1. The molecule has 2 rings (SSSR count). The van der Waals surface area contributed by atoms with Crippen LogP contribution in [0.25, 0.3) is 0 Å². The number of aryl methyl sites for hydroxylation is 1. The number of thiazole rings is 1. The van der Waals surface area contributed by atoms with Gasteiger partial charge in [0.2, 0.25) is 11.0 Å². The molecule has 2 aromatic rings. The van der Waals surface area contributed by atoms with Crippen LogP contribution >= 0.6 is 22.7 Å². The van der Waals surface area contributed by atoms with E-state index in [9.17, 15) is 9.59 Å². The van der Waals surface area contributed by atoms with E-state index in [1.54, 1.807) is 15.5 Å². The summed E-state index contributed by atoms with van der Waals surface area (Å²) in [5.41, 5.74) is 2.42. The van der Waals surface area contributed by atoms with E-state index in [2.05, 4.69) is 15.5 Å². The van der Waals surface area contributed by atoms with Crippen LogP contribution in [0.5, 0.6) is 0 Å². The zero-order valence-corrected chi connectivity index (χ0v) is 10.7. The molecule has 0 atom stereocenters. The average Bonchev–Trinajstić information content (AvgIpc) is 2.88. The molecule has 8 heteroatoms. The number of amides is 1. The minimum atomic E-state index is -0.167. The topological polar surface area (TPSA) is 76.9 Å². The van der Waals surface area contributed by atoms with Gasteiger partial charge in [-0.3, -0.25) is 9.59 Å². The van der Waals surface area contributed by atoms with Gasteiger partial charge in [-0.05, 0) is 6.92 Å². The molecule has 0 aliphatic carbocycles. The van der Waals surface area contributed by atoms with Crippen LogP contribution in [-0.2, 0) is 11.3 Å². The predicted octanol–water partition coefficient (Wildman–Crippen LogP) is 1.10. The lowest BCUT2D eigenvalue weighted by atomic mass is 10.4. The highest BCUT2D eigenvalue weighted by atomic mass is 32.1. The Bertz CT molecular complexity index is 558. The van der Waals surface area contributed by atoms with Gasteiger partial charge in [0.1, 0.15) is 5.51 Å². The van der Waals surface area contributed by atoms with Gasteiger partial charge in [-0.25, -0.2) is 0 Å². The fraction of sp³-hybridized carbons (Fsp3) is 0.333. The number of nitrogens with one attached hydrogen (secondary N) is 1. The fourth-order valence-electron chi connectivity index (χ4n) is 1.30. The zero-order chi connectivity index (χ0) is 12.3.